The van der Waals surface area contributed by atoms with E-state index in [1.807, 2.05) is 0 Å². The van der Waals surface area contributed by atoms with Crippen molar-refractivity contribution >= 4 is 31.0 Å². The van der Waals surface area contributed by atoms with E-state index < -0.39 is 19.9 Å². The molecule has 10 nitrogen and oxygen atoms in total. The number of anilines is 2. The third-order valence-electron chi connectivity index (χ3n) is 4.07. The Morgan fingerprint density at radius 3 is 3.13 bits per heavy atom. The van der Waals surface area contributed by atoms with Crippen LogP contribution in [0.15, 0.2) is 6.33 Å². The first-order valence-corrected chi connectivity index (χ1v) is 8.69. The van der Waals surface area contributed by atoms with E-state index in [0.717, 1.165) is 0 Å². The van der Waals surface area contributed by atoms with E-state index in [4.69, 9.17) is 25.5 Å². The van der Waals surface area contributed by atoms with Gasteiger partial charge in [0, 0.05) is 6.42 Å². The standard InChI is InChI=1S/C12H16N6O4P/c1-23(19)21-4-12-2-6(20-3-12)10(22-12)18-5-15-7-8(13)16-11(14)17-9(7)18/h5-6,10H,2-4H2,1H3,(H4,13,14,16,17)/q+1/t6-,10-,12-/m1/s1. The van der Waals surface area contributed by atoms with Crippen LogP contribution in [0.1, 0.15) is 12.6 Å². The monoisotopic (exact) mass is 339 g/mol. The lowest BCUT2D eigenvalue weighted by atomic mass is 10.0. The van der Waals surface area contributed by atoms with Gasteiger partial charge in [-0.3, -0.25) is 4.57 Å². The lowest BCUT2D eigenvalue weighted by molar-refractivity contribution is -0.179. The predicted molar refractivity (Wildman–Crippen MR) is 80.8 cm³/mol. The summed E-state index contributed by atoms with van der Waals surface area (Å²) in [5.74, 6) is 0.290. The van der Waals surface area contributed by atoms with Crippen molar-refractivity contribution < 1.29 is 18.6 Å². The van der Waals surface area contributed by atoms with Gasteiger partial charge in [-0.05, 0) is 4.57 Å². The molecule has 0 amide bonds. The van der Waals surface area contributed by atoms with Crippen molar-refractivity contribution in [1.29, 1.82) is 0 Å². The van der Waals surface area contributed by atoms with Crippen LogP contribution in [0.4, 0.5) is 11.8 Å². The van der Waals surface area contributed by atoms with Crippen LogP contribution in [-0.2, 0) is 18.6 Å². The van der Waals surface area contributed by atoms with Gasteiger partial charge in [-0.1, -0.05) is 0 Å². The van der Waals surface area contributed by atoms with Crippen LogP contribution >= 0.6 is 8.03 Å². The van der Waals surface area contributed by atoms with Gasteiger partial charge in [-0.25, -0.2) is 4.98 Å². The topological polar surface area (TPSA) is 140 Å². The van der Waals surface area contributed by atoms with Crippen molar-refractivity contribution in [3.63, 3.8) is 0 Å². The molecule has 122 valence electrons. The Hall–Kier alpha value is -1.87. The summed E-state index contributed by atoms with van der Waals surface area (Å²) in [7, 11) is -1.69. The highest BCUT2D eigenvalue weighted by Crippen LogP contribution is 2.46. The summed E-state index contributed by atoms with van der Waals surface area (Å²) in [6, 6.07) is 0. The summed E-state index contributed by atoms with van der Waals surface area (Å²) in [5, 5.41) is 0. The van der Waals surface area contributed by atoms with Crippen LogP contribution in [0, 0.1) is 0 Å². The fourth-order valence-electron chi connectivity index (χ4n) is 3.06. The molecular weight excluding hydrogens is 323 g/mol. The summed E-state index contributed by atoms with van der Waals surface area (Å²) >= 11 is 0. The van der Waals surface area contributed by atoms with Crippen molar-refractivity contribution in [2.75, 3.05) is 31.3 Å². The van der Waals surface area contributed by atoms with E-state index in [1.54, 1.807) is 10.9 Å². The first-order valence-electron chi connectivity index (χ1n) is 7.06. The third-order valence-corrected chi connectivity index (χ3v) is 4.56. The van der Waals surface area contributed by atoms with Crippen LogP contribution in [0.25, 0.3) is 11.2 Å². The Balaban J connectivity index is 1.66. The summed E-state index contributed by atoms with van der Waals surface area (Å²) < 4.78 is 30.1. The smallest absolute Gasteiger partial charge is 0.382 e. The van der Waals surface area contributed by atoms with Gasteiger partial charge >= 0.3 is 8.03 Å². The molecule has 11 heteroatoms. The number of ether oxygens (including phenoxy) is 2. The molecular formula is C12H16N6O4P+. The van der Waals surface area contributed by atoms with E-state index in [-0.39, 0.29) is 24.5 Å². The zero-order valence-corrected chi connectivity index (χ0v) is 13.3. The average Bonchev–Trinajstić information content (AvgIpc) is 3.17. The van der Waals surface area contributed by atoms with Gasteiger partial charge in [0.05, 0.1) is 12.9 Å². The molecule has 2 saturated heterocycles. The van der Waals surface area contributed by atoms with Crippen molar-refractivity contribution in [2.45, 2.75) is 24.4 Å². The van der Waals surface area contributed by atoms with Crippen molar-refractivity contribution in [2.24, 2.45) is 0 Å². The number of rotatable bonds is 4. The fraction of sp³-hybridized carbons (Fsp3) is 0.583. The second kappa shape index (κ2) is 5.07. The van der Waals surface area contributed by atoms with Gasteiger partial charge < -0.3 is 20.9 Å². The van der Waals surface area contributed by atoms with E-state index in [9.17, 15) is 4.57 Å². The second-order valence-corrected chi connectivity index (χ2v) is 6.89. The molecule has 2 aliphatic rings. The van der Waals surface area contributed by atoms with Gasteiger partial charge in [-0.15, -0.1) is 4.52 Å². The molecule has 0 radical (unpaired) electrons. The van der Waals surface area contributed by atoms with E-state index in [1.165, 1.54) is 6.66 Å². The number of aromatic nitrogens is 4. The minimum atomic E-state index is -1.69. The first-order chi connectivity index (χ1) is 11.0. The second-order valence-electron chi connectivity index (χ2n) is 5.75. The number of nitrogens with two attached hydrogens (primary N) is 2. The van der Waals surface area contributed by atoms with Gasteiger partial charge in [0.1, 0.15) is 23.8 Å². The highest BCUT2D eigenvalue weighted by molar-refractivity contribution is 7.38. The molecule has 2 aromatic rings. The van der Waals surface area contributed by atoms with E-state index in [0.29, 0.717) is 24.2 Å². The minimum Gasteiger partial charge on any atom is -0.382 e. The van der Waals surface area contributed by atoms with Crippen LogP contribution < -0.4 is 11.5 Å². The van der Waals surface area contributed by atoms with Gasteiger partial charge in [0.25, 0.3) is 0 Å². The lowest BCUT2D eigenvalue weighted by Crippen LogP contribution is -2.39. The molecule has 2 fully saturated rings. The summed E-state index contributed by atoms with van der Waals surface area (Å²) in [6.45, 7) is 2.14. The van der Waals surface area contributed by atoms with E-state index >= 15 is 0 Å². The maximum absolute atomic E-state index is 11.2. The number of hydrogen-bond donors (Lipinski definition) is 2. The fourth-order valence-corrected chi connectivity index (χ4v) is 3.48. The van der Waals surface area contributed by atoms with Gasteiger partial charge in [0.15, 0.2) is 24.4 Å². The van der Waals surface area contributed by atoms with Crippen LogP contribution in [0.5, 0.6) is 0 Å². The molecule has 4 N–H and O–H groups in total. The molecule has 4 heterocycles. The lowest BCUT2D eigenvalue weighted by Gasteiger charge is -2.29. The molecule has 23 heavy (non-hydrogen) atoms. The molecule has 0 aliphatic carbocycles. The predicted octanol–water partition coefficient (Wildman–Crippen LogP) is 0.436. The molecule has 0 spiro atoms. The molecule has 2 aromatic heterocycles. The number of nitrogen functional groups attached to an aromatic ring is 2. The number of nitrogens with zero attached hydrogens (tertiary/aromatic N) is 4. The number of imidazole rings is 1. The van der Waals surface area contributed by atoms with Crippen LogP contribution in [0.2, 0.25) is 0 Å². The summed E-state index contributed by atoms with van der Waals surface area (Å²) in [5.41, 5.74) is 11.8. The normalized spacial score (nSPS) is 30.2. The zero-order chi connectivity index (χ0) is 16.2. The highest BCUT2D eigenvalue weighted by Gasteiger charge is 2.55. The minimum absolute atomic E-state index is 0.0712. The Kier molecular flexibility index (Phi) is 3.24. The highest BCUT2D eigenvalue weighted by atomic mass is 31.1. The van der Waals surface area contributed by atoms with Gasteiger partial charge in [0.2, 0.25) is 5.95 Å². The maximum Gasteiger partial charge on any atom is 0.504 e. The molecule has 4 rings (SSSR count). The molecule has 2 bridgehead atoms. The number of fused-ring (bicyclic) bond motifs is 3. The zero-order valence-electron chi connectivity index (χ0n) is 12.4. The SMILES string of the molecule is C[P+](=O)OC[C@]12CO[C@H](C1)[C@H](n1cnc3c(N)nc(N)nc31)O2. The van der Waals surface area contributed by atoms with Crippen molar-refractivity contribution in [3.8, 4) is 0 Å². The Labute approximate surface area is 132 Å². The van der Waals surface area contributed by atoms with E-state index in [2.05, 4.69) is 15.0 Å². The summed E-state index contributed by atoms with van der Waals surface area (Å²) in [4.78, 5) is 12.3. The van der Waals surface area contributed by atoms with Crippen LogP contribution in [-0.4, -0.2) is 51.1 Å². The third kappa shape index (κ3) is 2.34. The molecule has 1 unspecified atom stereocenters. The molecule has 0 saturated carbocycles. The van der Waals surface area contributed by atoms with Crippen molar-refractivity contribution in [1.82, 2.24) is 19.5 Å². The van der Waals surface area contributed by atoms with Crippen LogP contribution in [0.3, 0.4) is 0 Å². The number of hydrogen-bond acceptors (Lipinski definition) is 9. The maximum atomic E-state index is 11.2. The molecule has 2 aliphatic heterocycles. The molecule has 4 atom stereocenters. The Morgan fingerprint density at radius 1 is 1.52 bits per heavy atom. The summed E-state index contributed by atoms with van der Waals surface area (Å²) in [6.07, 6.45) is 1.65. The average molecular weight is 339 g/mol. The van der Waals surface area contributed by atoms with Crippen molar-refractivity contribution in [3.05, 3.63) is 6.33 Å². The molecule has 0 aromatic carbocycles. The Bertz CT molecular complexity index is 797. The largest absolute Gasteiger partial charge is 0.504 e. The quantitative estimate of drug-likeness (QED) is 0.759. The van der Waals surface area contributed by atoms with Gasteiger partial charge in [-0.2, -0.15) is 9.97 Å². The Morgan fingerprint density at radius 2 is 2.35 bits per heavy atom. The first kappa shape index (κ1) is 14.7.